The predicted molar refractivity (Wildman–Crippen MR) is 71.2 cm³/mol. The van der Waals surface area contributed by atoms with E-state index in [0.29, 0.717) is 21.8 Å². The van der Waals surface area contributed by atoms with Gasteiger partial charge in [0.15, 0.2) is 5.82 Å². The van der Waals surface area contributed by atoms with Crippen LogP contribution in [0.15, 0.2) is 22.7 Å². The highest BCUT2D eigenvalue weighted by Gasteiger charge is 2.18. The van der Waals surface area contributed by atoms with E-state index in [1.807, 2.05) is 14.0 Å². The molecular weight excluding hydrogens is 299 g/mol. The Bertz CT molecular complexity index is 567. The van der Waals surface area contributed by atoms with Crippen LogP contribution < -0.4 is 5.32 Å². The fourth-order valence-electron chi connectivity index (χ4n) is 1.67. The standard InChI is InChI=1S/C12H14BrFN4/c1-7(15-3)12-16-8(2)17-18(12)10-6-4-5-9(13)11(10)14/h4-7,15H,1-3H3. The van der Waals surface area contributed by atoms with Crippen LogP contribution in [-0.2, 0) is 0 Å². The molecule has 96 valence electrons. The highest BCUT2D eigenvalue weighted by Crippen LogP contribution is 2.23. The summed E-state index contributed by atoms with van der Waals surface area (Å²) in [5.74, 6) is 0.963. The maximum atomic E-state index is 14.1. The van der Waals surface area contributed by atoms with E-state index in [2.05, 4.69) is 31.3 Å². The lowest BCUT2D eigenvalue weighted by Crippen LogP contribution is -2.18. The quantitative estimate of drug-likeness (QED) is 0.947. The first-order valence-corrected chi connectivity index (χ1v) is 6.39. The largest absolute Gasteiger partial charge is 0.311 e. The second-order valence-corrected chi connectivity index (χ2v) is 4.87. The molecule has 2 rings (SSSR count). The third kappa shape index (κ3) is 2.30. The third-order valence-electron chi connectivity index (χ3n) is 2.72. The van der Waals surface area contributed by atoms with Gasteiger partial charge in [0.1, 0.15) is 17.3 Å². The lowest BCUT2D eigenvalue weighted by Gasteiger charge is -2.12. The van der Waals surface area contributed by atoms with Gasteiger partial charge < -0.3 is 5.32 Å². The monoisotopic (exact) mass is 312 g/mol. The zero-order valence-electron chi connectivity index (χ0n) is 10.4. The minimum atomic E-state index is -0.341. The lowest BCUT2D eigenvalue weighted by atomic mass is 10.2. The van der Waals surface area contributed by atoms with E-state index in [9.17, 15) is 4.39 Å². The lowest BCUT2D eigenvalue weighted by molar-refractivity contribution is 0.564. The fraction of sp³-hybridized carbons (Fsp3) is 0.333. The maximum absolute atomic E-state index is 14.1. The van der Waals surface area contributed by atoms with Gasteiger partial charge in [-0.3, -0.25) is 0 Å². The summed E-state index contributed by atoms with van der Waals surface area (Å²) in [4.78, 5) is 4.34. The van der Waals surface area contributed by atoms with Gasteiger partial charge in [0, 0.05) is 0 Å². The molecule has 1 heterocycles. The summed E-state index contributed by atoms with van der Waals surface area (Å²) in [7, 11) is 1.83. The molecule has 0 aliphatic heterocycles. The minimum Gasteiger partial charge on any atom is -0.311 e. The molecule has 0 bridgehead atoms. The fourth-order valence-corrected chi connectivity index (χ4v) is 2.03. The average molecular weight is 313 g/mol. The van der Waals surface area contributed by atoms with Crippen LogP contribution in [0.25, 0.3) is 5.69 Å². The van der Waals surface area contributed by atoms with Gasteiger partial charge in [-0.05, 0) is 49.0 Å². The van der Waals surface area contributed by atoms with Crippen molar-refractivity contribution in [1.29, 1.82) is 0 Å². The molecule has 0 amide bonds. The predicted octanol–water partition coefficient (Wildman–Crippen LogP) is 2.76. The highest BCUT2D eigenvalue weighted by molar-refractivity contribution is 9.10. The smallest absolute Gasteiger partial charge is 0.163 e. The SMILES string of the molecule is CNC(C)c1nc(C)nn1-c1cccc(Br)c1F. The van der Waals surface area contributed by atoms with Gasteiger partial charge in [0.25, 0.3) is 0 Å². The van der Waals surface area contributed by atoms with Crippen LogP contribution in [0.4, 0.5) is 4.39 Å². The Morgan fingerprint density at radius 1 is 1.44 bits per heavy atom. The van der Waals surface area contributed by atoms with Crippen LogP contribution >= 0.6 is 15.9 Å². The van der Waals surface area contributed by atoms with E-state index < -0.39 is 0 Å². The van der Waals surface area contributed by atoms with E-state index >= 15 is 0 Å². The van der Waals surface area contributed by atoms with Crippen LogP contribution in [-0.4, -0.2) is 21.8 Å². The molecule has 6 heteroatoms. The number of hydrogen-bond donors (Lipinski definition) is 1. The first-order valence-electron chi connectivity index (χ1n) is 5.59. The molecule has 0 fully saturated rings. The molecule has 1 atom stereocenters. The molecule has 2 aromatic rings. The van der Waals surface area contributed by atoms with Crippen molar-refractivity contribution in [1.82, 2.24) is 20.1 Å². The number of aryl methyl sites for hydroxylation is 1. The maximum Gasteiger partial charge on any atom is 0.163 e. The molecule has 0 saturated heterocycles. The van der Waals surface area contributed by atoms with Crippen molar-refractivity contribution in [2.45, 2.75) is 19.9 Å². The van der Waals surface area contributed by atoms with Gasteiger partial charge in [0.05, 0.1) is 10.5 Å². The van der Waals surface area contributed by atoms with Gasteiger partial charge in [0.2, 0.25) is 0 Å². The molecule has 4 nitrogen and oxygen atoms in total. The van der Waals surface area contributed by atoms with Gasteiger partial charge in [-0.1, -0.05) is 6.07 Å². The summed E-state index contributed by atoms with van der Waals surface area (Å²) in [5.41, 5.74) is 0.391. The first kappa shape index (κ1) is 13.2. The third-order valence-corrected chi connectivity index (χ3v) is 3.33. The summed E-state index contributed by atoms with van der Waals surface area (Å²) in [6, 6.07) is 5.10. The number of aromatic nitrogens is 3. The Morgan fingerprint density at radius 3 is 2.83 bits per heavy atom. The molecule has 0 spiro atoms. The van der Waals surface area contributed by atoms with Gasteiger partial charge in [-0.15, -0.1) is 0 Å². The van der Waals surface area contributed by atoms with E-state index in [1.165, 1.54) is 4.68 Å². The molecular formula is C12H14BrFN4. The number of nitrogens with one attached hydrogen (secondary N) is 1. The van der Waals surface area contributed by atoms with Crippen LogP contribution in [0.2, 0.25) is 0 Å². The summed E-state index contributed by atoms with van der Waals surface area (Å²) in [6.45, 7) is 3.74. The second-order valence-electron chi connectivity index (χ2n) is 4.01. The van der Waals surface area contributed by atoms with Crippen molar-refractivity contribution in [3.05, 3.63) is 40.1 Å². The zero-order valence-corrected chi connectivity index (χ0v) is 12.0. The van der Waals surface area contributed by atoms with Crippen molar-refractivity contribution in [2.24, 2.45) is 0 Å². The van der Waals surface area contributed by atoms with Gasteiger partial charge >= 0.3 is 0 Å². The molecule has 1 N–H and O–H groups in total. The summed E-state index contributed by atoms with van der Waals surface area (Å²) >= 11 is 3.18. The second kappa shape index (κ2) is 5.16. The van der Waals surface area contributed by atoms with E-state index in [1.54, 1.807) is 25.1 Å². The molecule has 0 saturated carbocycles. The molecule has 1 aromatic heterocycles. The number of halogens is 2. The Hall–Kier alpha value is -1.27. The van der Waals surface area contributed by atoms with Crippen molar-refractivity contribution < 1.29 is 4.39 Å². The molecule has 1 unspecified atom stereocenters. The van der Waals surface area contributed by atoms with E-state index in [4.69, 9.17) is 0 Å². The van der Waals surface area contributed by atoms with Crippen molar-refractivity contribution in [3.8, 4) is 5.69 Å². The first-order chi connectivity index (χ1) is 8.54. The Labute approximate surface area is 113 Å². The summed E-state index contributed by atoms with van der Waals surface area (Å²) in [6.07, 6.45) is 0. The average Bonchev–Trinajstić information content (AvgIpc) is 2.73. The van der Waals surface area contributed by atoms with Crippen molar-refractivity contribution in [2.75, 3.05) is 7.05 Å². The number of nitrogens with zero attached hydrogens (tertiary/aromatic N) is 3. The normalized spacial score (nSPS) is 12.7. The minimum absolute atomic E-state index is 0.00965. The molecule has 0 aliphatic rings. The van der Waals surface area contributed by atoms with Gasteiger partial charge in [-0.2, -0.15) is 5.10 Å². The zero-order chi connectivity index (χ0) is 13.3. The molecule has 1 aromatic carbocycles. The summed E-state index contributed by atoms with van der Waals surface area (Å²) in [5, 5.41) is 7.34. The van der Waals surface area contributed by atoms with Crippen LogP contribution in [0.3, 0.4) is 0 Å². The molecule has 0 radical (unpaired) electrons. The Balaban J connectivity index is 2.60. The van der Waals surface area contributed by atoms with Gasteiger partial charge in [-0.25, -0.2) is 14.1 Å². The topological polar surface area (TPSA) is 42.7 Å². The number of rotatable bonds is 3. The van der Waals surface area contributed by atoms with Crippen molar-refractivity contribution in [3.63, 3.8) is 0 Å². The highest BCUT2D eigenvalue weighted by atomic mass is 79.9. The number of hydrogen-bond acceptors (Lipinski definition) is 3. The summed E-state index contributed by atoms with van der Waals surface area (Å²) < 4.78 is 16.0. The number of benzene rings is 1. The van der Waals surface area contributed by atoms with E-state index in [-0.39, 0.29) is 11.9 Å². The Kier molecular flexibility index (Phi) is 3.77. The Morgan fingerprint density at radius 2 is 2.17 bits per heavy atom. The van der Waals surface area contributed by atoms with Crippen LogP contribution in [0.1, 0.15) is 24.6 Å². The van der Waals surface area contributed by atoms with E-state index in [0.717, 1.165) is 0 Å². The van der Waals surface area contributed by atoms with Crippen LogP contribution in [0.5, 0.6) is 0 Å². The molecule has 0 aliphatic carbocycles. The van der Waals surface area contributed by atoms with Crippen molar-refractivity contribution >= 4 is 15.9 Å². The van der Waals surface area contributed by atoms with Crippen LogP contribution in [0, 0.1) is 12.7 Å². The molecule has 18 heavy (non-hydrogen) atoms.